The van der Waals surface area contributed by atoms with Crippen molar-refractivity contribution in [2.75, 3.05) is 0 Å². The normalized spacial score (nSPS) is 11.1. The number of thiophene rings is 1. The van der Waals surface area contributed by atoms with Gasteiger partial charge in [-0.2, -0.15) is 0 Å². The zero-order valence-corrected chi connectivity index (χ0v) is 11.9. The summed E-state index contributed by atoms with van der Waals surface area (Å²) in [6.45, 7) is 6.31. The van der Waals surface area contributed by atoms with E-state index in [4.69, 9.17) is 0 Å². The van der Waals surface area contributed by atoms with E-state index in [0.717, 1.165) is 16.1 Å². The van der Waals surface area contributed by atoms with Crippen LogP contribution in [0.4, 0.5) is 0 Å². The summed E-state index contributed by atoms with van der Waals surface area (Å²) >= 11 is 5.18. The van der Waals surface area contributed by atoms with Crippen LogP contribution in [0.5, 0.6) is 0 Å². The number of aryl methyl sites for hydroxylation is 1. The van der Waals surface area contributed by atoms with Crippen molar-refractivity contribution in [2.45, 2.75) is 26.7 Å². The second-order valence-corrected chi connectivity index (χ2v) is 5.96. The minimum absolute atomic E-state index is 0.344. The Morgan fingerprint density at radius 2 is 2.00 bits per heavy atom. The predicted octanol–water partition coefficient (Wildman–Crippen LogP) is 4.40. The van der Waals surface area contributed by atoms with Gasteiger partial charge in [0.15, 0.2) is 0 Å². The molecule has 0 amide bonds. The monoisotopic (exact) mass is 296 g/mol. The summed E-state index contributed by atoms with van der Waals surface area (Å²) < 4.78 is 0.852. The third-order valence-corrected chi connectivity index (χ3v) is 3.52. The molecule has 0 radical (unpaired) electrons. The minimum Gasteiger partial charge on any atom is -0.233 e. The molecule has 2 aromatic heterocycles. The first-order valence-corrected chi connectivity index (χ1v) is 6.83. The van der Waals surface area contributed by atoms with Crippen LogP contribution in [0, 0.1) is 6.92 Å². The van der Waals surface area contributed by atoms with E-state index in [1.54, 1.807) is 11.3 Å². The lowest BCUT2D eigenvalue weighted by Crippen LogP contribution is -1.99. The van der Waals surface area contributed by atoms with Gasteiger partial charge in [-0.25, -0.2) is 9.97 Å². The highest BCUT2D eigenvalue weighted by Gasteiger charge is 2.09. The van der Waals surface area contributed by atoms with Crippen molar-refractivity contribution >= 4 is 27.3 Å². The summed E-state index contributed by atoms with van der Waals surface area (Å²) in [6.07, 6.45) is 0. The van der Waals surface area contributed by atoms with Gasteiger partial charge in [0.1, 0.15) is 10.4 Å². The lowest BCUT2D eigenvalue weighted by Gasteiger charge is -2.06. The Morgan fingerprint density at radius 1 is 1.25 bits per heavy atom. The third kappa shape index (κ3) is 2.50. The average molecular weight is 297 g/mol. The molecule has 0 spiro atoms. The number of aromatic nitrogens is 2. The zero-order chi connectivity index (χ0) is 11.7. The van der Waals surface area contributed by atoms with E-state index < -0.39 is 0 Å². The molecule has 0 aliphatic rings. The average Bonchev–Trinajstić information content (AvgIpc) is 2.64. The maximum atomic E-state index is 4.58. The predicted molar refractivity (Wildman–Crippen MR) is 71.9 cm³/mol. The van der Waals surface area contributed by atoms with Crippen LogP contribution in [-0.2, 0) is 0 Å². The Kier molecular flexibility index (Phi) is 3.40. The van der Waals surface area contributed by atoms with E-state index in [9.17, 15) is 0 Å². The van der Waals surface area contributed by atoms with Gasteiger partial charge in [0.2, 0.25) is 0 Å². The lowest BCUT2D eigenvalue weighted by atomic mass is 10.2. The van der Waals surface area contributed by atoms with Gasteiger partial charge in [0.05, 0.1) is 5.69 Å². The summed E-state index contributed by atoms with van der Waals surface area (Å²) in [4.78, 5) is 10.3. The molecular weight excluding hydrogens is 284 g/mol. The van der Waals surface area contributed by atoms with Crippen LogP contribution in [0.1, 0.15) is 30.5 Å². The Morgan fingerprint density at radius 3 is 2.56 bits per heavy atom. The van der Waals surface area contributed by atoms with E-state index in [1.165, 1.54) is 10.4 Å². The van der Waals surface area contributed by atoms with Gasteiger partial charge in [-0.05, 0) is 35.0 Å². The largest absolute Gasteiger partial charge is 0.233 e. The molecule has 2 aromatic rings. The van der Waals surface area contributed by atoms with Crippen LogP contribution in [0.3, 0.4) is 0 Å². The summed E-state index contributed by atoms with van der Waals surface area (Å²) in [5, 5.41) is 2.13. The molecule has 0 atom stereocenters. The van der Waals surface area contributed by atoms with Gasteiger partial charge in [-0.3, -0.25) is 0 Å². The van der Waals surface area contributed by atoms with Gasteiger partial charge >= 0.3 is 0 Å². The van der Waals surface area contributed by atoms with E-state index in [-0.39, 0.29) is 0 Å². The van der Waals surface area contributed by atoms with E-state index in [0.29, 0.717) is 5.92 Å². The first-order chi connectivity index (χ1) is 7.56. The SMILES string of the molecule is Cc1cc(-c2cc(Br)nc(C(C)C)n2)cs1. The summed E-state index contributed by atoms with van der Waals surface area (Å²) in [6, 6.07) is 4.12. The molecule has 2 nitrogen and oxygen atoms in total. The maximum absolute atomic E-state index is 4.58. The van der Waals surface area contributed by atoms with Crippen molar-refractivity contribution in [3.05, 3.63) is 32.8 Å². The van der Waals surface area contributed by atoms with Crippen LogP contribution in [-0.4, -0.2) is 9.97 Å². The Hall–Kier alpha value is -0.740. The van der Waals surface area contributed by atoms with Crippen molar-refractivity contribution in [2.24, 2.45) is 0 Å². The molecule has 16 heavy (non-hydrogen) atoms. The second-order valence-electron chi connectivity index (χ2n) is 4.03. The van der Waals surface area contributed by atoms with Gasteiger partial charge < -0.3 is 0 Å². The van der Waals surface area contributed by atoms with Crippen LogP contribution in [0.25, 0.3) is 11.3 Å². The molecule has 2 heterocycles. The molecule has 0 saturated carbocycles. The molecule has 0 aliphatic heterocycles. The molecule has 2 rings (SSSR count). The van der Waals surface area contributed by atoms with Crippen LogP contribution in [0.15, 0.2) is 22.1 Å². The van der Waals surface area contributed by atoms with Crippen molar-refractivity contribution in [1.29, 1.82) is 0 Å². The molecule has 4 heteroatoms. The molecule has 0 N–H and O–H groups in total. The minimum atomic E-state index is 0.344. The van der Waals surface area contributed by atoms with Crippen LogP contribution >= 0.6 is 27.3 Å². The highest BCUT2D eigenvalue weighted by atomic mass is 79.9. The van der Waals surface area contributed by atoms with Crippen molar-refractivity contribution in [3.63, 3.8) is 0 Å². The fourth-order valence-corrected chi connectivity index (χ4v) is 2.51. The lowest BCUT2D eigenvalue weighted by molar-refractivity contribution is 0.771. The van der Waals surface area contributed by atoms with Gasteiger partial charge in [0.25, 0.3) is 0 Å². The molecule has 0 aliphatic carbocycles. The van der Waals surface area contributed by atoms with E-state index in [2.05, 4.69) is 58.1 Å². The zero-order valence-electron chi connectivity index (χ0n) is 9.49. The molecule has 0 aromatic carbocycles. The third-order valence-electron chi connectivity index (χ3n) is 2.25. The Balaban J connectivity index is 2.49. The first-order valence-electron chi connectivity index (χ1n) is 5.16. The number of hydrogen-bond donors (Lipinski definition) is 0. The van der Waals surface area contributed by atoms with Crippen molar-refractivity contribution in [1.82, 2.24) is 9.97 Å². The number of halogens is 1. The molecule has 0 bridgehead atoms. The molecule has 0 unspecified atom stereocenters. The van der Waals surface area contributed by atoms with Gasteiger partial charge in [-0.1, -0.05) is 13.8 Å². The van der Waals surface area contributed by atoms with E-state index >= 15 is 0 Å². The Bertz CT molecular complexity index is 505. The van der Waals surface area contributed by atoms with Crippen molar-refractivity contribution in [3.8, 4) is 11.3 Å². The number of rotatable bonds is 2. The molecule has 84 valence electrons. The quantitative estimate of drug-likeness (QED) is 0.768. The van der Waals surface area contributed by atoms with Gasteiger partial charge in [-0.15, -0.1) is 11.3 Å². The summed E-state index contributed by atoms with van der Waals surface area (Å²) in [5.74, 6) is 1.23. The maximum Gasteiger partial charge on any atom is 0.132 e. The number of nitrogens with zero attached hydrogens (tertiary/aromatic N) is 2. The first kappa shape index (κ1) is 11.7. The smallest absolute Gasteiger partial charge is 0.132 e. The summed E-state index contributed by atoms with van der Waals surface area (Å²) in [5.41, 5.74) is 2.17. The van der Waals surface area contributed by atoms with Crippen LogP contribution < -0.4 is 0 Å². The highest BCUT2D eigenvalue weighted by Crippen LogP contribution is 2.26. The molecular formula is C12H13BrN2S. The Labute approximate surface area is 108 Å². The van der Waals surface area contributed by atoms with Gasteiger partial charge in [0, 0.05) is 21.7 Å². The topological polar surface area (TPSA) is 25.8 Å². The van der Waals surface area contributed by atoms with E-state index in [1.807, 2.05) is 6.07 Å². The molecule has 0 fully saturated rings. The summed E-state index contributed by atoms with van der Waals surface area (Å²) in [7, 11) is 0. The highest BCUT2D eigenvalue weighted by molar-refractivity contribution is 9.10. The fourth-order valence-electron chi connectivity index (χ4n) is 1.42. The molecule has 0 saturated heterocycles. The standard InChI is InChI=1S/C12H13BrN2S/c1-7(2)12-14-10(5-11(13)15-12)9-4-8(3)16-6-9/h4-7H,1-3H3. The fraction of sp³-hybridized carbons (Fsp3) is 0.333. The van der Waals surface area contributed by atoms with Crippen molar-refractivity contribution < 1.29 is 0 Å². The second kappa shape index (κ2) is 4.63. The number of hydrogen-bond acceptors (Lipinski definition) is 3. The van der Waals surface area contributed by atoms with Crippen LogP contribution in [0.2, 0.25) is 0 Å².